The van der Waals surface area contributed by atoms with Crippen molar-refractivity contribution in [1.29, 1.82) is 0 Å². The standard InChI is InChI=1S/C17H21N7O2/c1-10(2)16-21-15(26-24-16)8-7-14(25)19-12-5-3-11(4-6-12)17-20-13(9-18)22-23-17/h3-6,10H,7-9,18H2,1-2H3,(H,19,25)(H,20,22,23). The van der Waals surface area contributed by atoms with Gasteiger partial charge in [0.2, 0.25) is 11.8 Å². The molecule has 9 heteroatoms. The van der Waals surface area contributed by atoms with Crippen molar-refractivity contribution in [1.82, 2.24) is 25.3 Å². The topological polar surface area (TPSA) is 136 Å². The second kappa shape index (κ2) is 7.87. The van der Waals surface area contributed by atoms with Crippen molar-refractivity contribution in [3.05, 3.63) is 41.8 Å². The first kappa shape index (κ1) is 17.7. The summed E-state index contributed by atoms with van der Waals surface area (Å²) < 4.78 is 5.14. The Morgan fingerprint density at radius 1 is 1.27 bits per heavy atom. The van der Waals surface area contributed by atoms with E-state index in [1.54, 1.807) is 12.1 Å². The maximum atomic E-state index is 12.1. The second-order valence-electron chi connectivity index (χ2n) is 6.14. The Bertz CT molecular complexity index is 867. The number of hydrogen-bond acceptors (Lipinski definition) is 7. The van der Waals surface area contributed by atoms with Crippen LogP contribution in [0.4, 0.5) is 5.69 Å². The molecule has 3 rings (SSSR count). The fourth-order valence-electron chi connectivity index (χ4n) is 2.27. The predicted molar refractivity (Wildman–Crippen MR) is 95.0 cm³/mol. The van der Waals surface area contributed by atoms with Crippen molar-refractivity contribution in [3.63, 3.8) is 0 Å². The highest BCUT2D eigenvalue weighted by Crippen LogP contribution is 2.18. The fraction of sp³-hybridized carbons (Fsp3) is 0.353. The molecule has 0 saturated carbocycles. The number of aryl methyl sites for hydroxylation is 1. The van der Waals surface area contributed by atoms with E-state index in [9.17, 15) is 4.79 Å². The molecule has 1 aromatic carbocycles. The number of carbonyl (C=O) groups excluding carboxylic acids is 1. The maximum absolute atomic E-state index is 12.1. The Kier molecular flexibility index (Phi) is 5.37. The van der Waals surface area contributed by atoms with Crippen LogP contribution in [0.15, 0.2) is 28.8 Å². The highest BCUT2D eigenvalue weighted by Gasteiger charge is 2.12. The molecule has 4 N–H and O–H groups in total. The largest absolute Gasteiger partial charge is 0.339 e. The van der Waals surface area contributed by atoms with Gasteiger partial charge in [-0.25, -0.2) is 4.98 Å². The number of amides is 1. The van der Waals surface area contributed by atoms with Crippen LogP contribution < -0.4 is 11.1 Å². The summed E-state index contributed by atoms with van der Waals surface area (Å²) in [6.45, 7) is 4.28. The lowest BCUT2D eigenvalue weighted by atomic mass is 10.2. The van der Waals surface area contributed by atoms with Crippen LogP contribution in [0.1, 0.15) is 43.7 Å². The lowest BCUT2D eigenvalue weighted by Crippen LogP contribution is -2.12. The van der Waals surface area contributed by atoms with Crippen LogP contribution in [0.3, 0.4) is 0 Å². The number of aromatic nitrogens is 5. The molecule has 0 unspecified atom stereocenters. The summed E-state index contributed by atoms with van der Waals surface area (Å²) in [5.41, 5.74) is 7.05. The molecule has 9 nitrogen and oxygen atoms in total. The number of hydrogen-bond donors (Lipinski definition) is 3. The van der Waals surface area contributed by atoms with Gasteiger partial charge in [-0.05, 0) is 24.3 Å². The number of carbonyl (C=O) groups is 1. The normalized spacial score (nSPS) is 11.1. The monoisotopic (exact) mass is 355 g/mol. The third-order valence-corrected chi connectivity index (χ3v) is 3.72. The van der Waals surface area contributed by atoms with Gasteiger partial charge >= 0.3 is 0 Å². The zero-order chi connectivity index (χ0) is 18.5. The Hall–Kier alpha value is -3.07. The van der Waals surface area contributed by atoms with Crippen molar-refractivity contribution >= 4 is 11.6 Å². The molecule has 0 radical (unpaired) electrons. The van der Waals surface area contributed by atoms with E-state index in [1.807, 2.05) is 26.0 Å². The molecule has 0 aliphatic rings. The Morgan fingerprint density at radius 3 is 2.65 bits per heavy atom. The van der Waals surface area contributed by atoms with Crippen molar-refractivity contribution in [2.45, 2.75) is 39.2 Å². The molecular weight excluding hydrogens is 334 g/mol. The van der Waals surface area contributed by atoms with E-state index in [1.165, 1.54) is 0 Å². The van der Waals surface area contributed by atoms with E-state index in [2.05, 4.69) is 30.6 Å². The van der Waals surface area contributed by atoms with E-state index >= 15 is 0 Å². The van der Waals surface area contributed by atoms with Crippen LogP contribution in [0, 0.1) is 0 Å². The van der Waals surface area contributed by atoms with E-state index in [-0.39, 0.29) is 18.2 Å². The maximum Gasteiger partial charge on any atom is 0.227 e. The Labute approximate surface area is 150 Å². The SMILES string of the molecule is CC(C)c1noc(CCC(=O)Nc2ccc(-c3n[nH]c(CN)n3)cc2)n1. The van der Waals surface area contributed by atoms with Crippen molar-refractivity contribution in [2.24, 2.45) is 5.73 Å². The number of benzene rings is 1. The zero-order valence-corrected chi connectivity index (χ0v) is 14.7. The molecule has 3 aromatic rings. The Morgan fingerprint density at radius 2 is 2.04 bits per heavy atom. The lowest BCUT2D eigenvalue weighted by molar-refractivity contribution is -0.116. The first-order valence-corrected chi connectivity index (χ1v) is 8.39. The predicted octanol–water partition coefficient (Wildman–Crippen LogP) is 2.01. The molecule has 0 bridgehead atoms. The van der Waals surface area contributed by atoms with Gasteiger partial charge in [0.25, 0.3) is 0 Å². The first-order valence-electron chi connectivity index (χ1n) is 8.39. The summed E-state index contributed by atoms with van der Waals surface area (Å²) in [4.78, 5) is 20.6. The first-order chi connectivity index (χ1) is 12.5. The van der Waals surface area contributed by atoms with Crippen LogP contribution in [0.25, 0.3) is 11.4 Å². The van der Waals surface area contributed by atoms with E-state index in [4.69, 9.17) is 10.3 Å². The van der Waals surface area contributed by atoms with Gasteiger partial charge in [0.1, 0.15) is 5.82 Å². The van der Waals surface area contributed by atoms with Gasteiger partial charge in [-0.2, -0.15) is 10.1 Å². The molecule has 136 valence electrons. The molecule has 0 spiro atoms. The van der Waals surface area contributed by atoms with Crippen LogP contribution in [-0.4, -0.2) is 31.2 Å². The summed E-state index contributed by atoms with van der Waals surface area (Å²) in [5.74, 6) is 2.40. The number of H-pyrrole nitrogens is 1. The van der Waals surface area contributed by atoms with Gasteiger partial charge in [0.05, 0.1) is 6.54 Å². The molecule has 0 saturated heterocycles. The van der Waals surface area contributed by atoms with Crippen LogP contribution in [0.2, 0.25) is 0 Å². The highest BCUT2D eigenvalue weighted by molar-refractivity contribution is 5.91. The summed E-state index contributed by atoms with van der Waals surface area (Å²) in [6.07, 6.45) is 0.672. The third-order valence-electron chi connectivity index (χ3n) is 3.72. The molecule has 1 amide bonds. The van der Waals surface area contributed by atoms with Crippen molar-refractivity contribution in [2.75, 3.05) is 5.32 Å². The van der Waals surface area contributed by atoms with Gasteiger partial charge in [-0.3, -0.25) is 9.89 Å². The number of nitrogens with one attached hydrogen (secondary N) is 2. The smallest absolute Gasteiger partial charge is 0.227 e. The van der Waals surface area contributed by atoms with E-state index in [0.29, 0.717) is 42.0 Å². The number of nitrogens with two attached hydrogens (primary N) is 1. The lowest BCUT2D eigenvalue weighted by Gasteiger charge is -2.04. The fourth-order valence-corrected chi connectivity index (χ4v) is 2.27. The van der Waals surface area contributed by atoms with E-state index < -0.39 is 0 Å². The number of anilines is 1. The van der Waals surface area contributed by atoms with Crippen molar-refractivity contribution in [3.8, 4) is 11.4 Å². The van der Waals surface area contributed by atoms with Gasteiger partial charge in [0.15, 0.2) is 11.6 Å². The average molecular weight is 355 g/mol. The third kappa shape index (κ3) is 4.31. The zero-order valence-electron chi connectivity index (χ0n) is 14.7. The second-order valence-corrected chi connectivity index (χ2v) is 6.14. The van der Waals surface area contributed by atoms with Gasteiger partial charge in [0, 0.05) is 30.0 Å². The minimum atomic E-state index is -0.120. The summed E-state index contributed by atoms with van der Waals surface area (Å²) in [5, 5.41) is 13.6. The molecule has 0 aliphatic carbocycles. The number of rotatable bonds is 7. The average Bonchev–Trinajstić information content (AvgIpc) is 3.30. The molecule has 0 atom stereocenters. The van der Waals surface area contributed by atoms with Crippen LogP contribution in [-0.2, 0) is 17.8 Å². The van der Waals surface area contributed by atoms with Crippen molar-refractivity contribution < 1.29 is 9.32 Å². The van der Waals surface area contributed by atoms with Gasteiger partial charge < -0.3 is 15.6 Å². The minimum absolute atomic E-state index is 0.120. The highest BCUT2D eigenvalue weighted by atomic mass is 16.5. The molecule has 2 heterocycles. The molecule has 26 heavy (non-hydrogen) atoms. The van der Waals surface area contributed by atoms with Crippen LogP contribution >= 0.6 is 0 Å². The number of nitrogens with zero attached hydrogens (tertiary/aromatic N) is 4. The van der Waals surface area contributed by atoms with Gasteiger partial charge in [-0.1, -0.05) is 19.0 Å². The van der Waals surface area contributed by atoms with Gasteiger partial charge in [-0.15, -0.1) is 0 Å². The molecule has 0 aliphatic heterocycles. The number of aromatic amines is 1. The molecular formula is C17H21N7O2. The van der Waals surface area contributed by atoms with E-state index in [0.717, 1.165) is 5.56 Å². The summed E-state index contributed by atoms with van der Waals surface area (Å²) >= 11 is 0. The summed E-state index contributed by atoms with van der Waals surface area (Å²) in [6, 6.07) is 7.28. The quantitative estimate of drug-likeness (QED) is 0.589. The molecule has 2 aromatic heterocycles. The Balaban J connectivity index is 1.53. The summed E-state index contributed by atoms with van der Waals surface area (Å²) in [7, 11) is 0. The molecule has 0 fully saturated rings. The van der Waals surface area contributed by atoms with Crippen LogP contribution in [0.5, 0.6) is 0 Å². The minimum Gasteiger partial charge on any atom is -0.339 e.